The predicted octanol–water partition coefficient (Wildman–Crippen LogP) is -1.25. The smallest absolute Gasteiger partial charge is 0.459 e. The van der Waals surface area contributed by atoms with Crippen LogP contribution in [0.15, 0.2) is 0 Å². The number of amides is 1. The molecule has 0 aliphatic rings. The zero-order valence-electron chi connectivity index (χ0n) is 7.07. The highest BCUT2D eigenvalue weighted by Gasteiger charge is 2.24. The Morgan fingerprint density at radius 1 is 1.07 bits per heavy atom. The first kappa shape index (κ1) is 13.1. The summed E-state index contributed by atoms with van der Waals surface area (Å²) in [6.45, 7) is 0. The van der Waals surface area contributed by atoms with Crippen molar-refractivity contribution < 1.29 is 35.3 Å². The van der Waals surface area contributed by atoms with Crippen molar-refractivity contribution >= 4 is 26.3 Å². The first-order valence-corrected chi connectivity index (χ1v) is 6.47. The molecule has 14 heavy (non-hydrogen) atoms. The van der Waals surface area contributed by atoms with Crippen molar-refractivity contribution in [2.75, 3.05) is 12.5 Å². The Kier molecular flexibility index (Phi) is 3.81. The van der Waals surface area contributed by atoms with E-state index in [4.69, 9.17) is 5.11 Å². The summed E-state index contributed by atoms with van der Waals surface area (Å²) in [5.74, 6) is 0. The fourth-order valence-corrected chi connectivity index (χ4v) is 1.04. The van der Waals surface area contributed by atoms with Gasteiger partial charge in [0.05, 0.1) is 12.5 Å². The van der Waals surface area contributed by atoms with E-state index in [0.29, 0.717) is 12.5 Å². The van der Waals surface area contributed by atoms with Crippen molar-refractivity contribution in [1.29, 1.82) is 0 Å². The van der Waals surface area contributed by atoms with Gasteiger partial charge in [0, 0.05) is 0 Å². The van der Waals surface area contributed by atoms with Crippen molar-refractivity contribution in [3.8, 4) is 0 Å². The van der Waals surface area contributed by atoms with Gasteiger partial charge in [-0.2, -0.15) is 16.8 Å². The van der Waals surface area contributed by atoms with Gasteiger partial charge in [-0.3, -0.25) is 0 Å². The third kappa shape index (κ3) is 6.59. The lowest BCUT2D eigenvalue weighted by molar-refractivity contribution is -0.211. The van der Waals surface area contributed by atoms with E-state index < -0.39 is 31.6 Å². The Labute approximate surface area is 80.0 Å². The van der Waals surface area contributed by atoms with Gasteiger partial charge in [0.25, 0.3) is 20.2 Å². The van der Waals surface area contributed by atoms with Gasteiger partial charge in [0.2, 0.25) is 0 Å². The summed E-state index contributed by atoms with van der Waals surface area (Å²) in [6.07, 6.45) is -0.982. The highest BCUT2D eigenvalue weighted by Crippen LogP contribution is 2.02. The van der Waals surface area contributed by atoms with Gasteiger partial charge in [-0.05, 0) is 5.23 Å². The SMILES string of the molecule is CS(=O)(=O)ON(OS(C)(=O)=O)C(=O)O. The average molecular weight is 249 g/mol. The molecule has 0 fully saturated rings. The van der Waals surface area contributed by atoms with Gasteiger partial charge in [-0.25, -0.2) is 4.79 Å². The quantitative estimate of drug-likeness (QED) is 0.612. The second-order valence-electron chi connectivity index (χ2n) is 2.10. The Morgan fingerprint density at radius 2 is 1.36 bits per heavy atom. The van der Waals surface area contributed by atoms with E-state index in [1.807, 2.05) is 0 Å². The zero-order chi connectivity index (χ0) is 11.6. The summed E-state index contributed by atoms with van der Waals surface area (Å²) in [5.41, 5.74) is 0. The van der Waals surface area contributed by atoms with Crippen LogP contribution in [-0.4, -0.2) is 45.8 Å². The van der Waals surface area contributed by atoms with Gasteiger partial charge in [0.1, 0.15) is 0 Å². The molecule has 0 heterocycles. The molecule has 0 aromatic rings. The molecule has 1 amide bonds. The van der Waals surface area contributed by atoms with Crippen LogP contribution >= 0.6 is 0 Å². The molecule has 0 saturated heterocycles. The second kappa shape index (κ2) is 4.08. The Morgan fingerprint density at radius 3 is 1.50 bits per heavy atom. The summed E-state index contributed by atoms with van der Waals surface area (Å²) in [4.78, 5) is 10.2. The maximum absolute atomic E-state index is 10.4. The molecule has 0 aliphatic heterocycles. The number of carbonyl (C=O) groups is 1. The number of hydroxylamine groups is 2. The second-order valence-corrected chi connectivity index (χ2v) is 5.21. The minimum atomic E-state index is -4.19. The van der Waals surface area contributed by atoms with Gasteiger partial charge in [-0.1, -0.05) is 0 Å². The number of hydrogen-bond donors (Lipinski definition) is 1. The lowest BCUT2D eigenvalue weighted by Crippen LogP contribution is -2.34. The number of carboxylic acid groups (broad SMARTS) is 1. The molecule has 0 atom stereocenters. The first-order chi connectivity index (χ1) is 6.01. The molecular weight excluding hydrogens is 242 g/mol. The largest absolute Gasteiger partial charge is 0.462 e. The van der Waals surface area contributed by atoms with Gasteiger partial charge in [-0.15, -0.1) is 8.57 Å². The van der Waals surface area contributed by atoms with E-state index >= 15 is 0 Å². The van der Waals surface area contributed by atoms with E-state index in [-0.39, 0.29) is 0 Å². The summed E-state index contributed by atoms with van der Waals surface area (Å²) in [5, 5.41) is 7.57. The van der Waals surface area contributed by atoms with Gasteiger partial charge < -0.3 is 5.11 Å². The van der Waals surface area contributed by atoms with Crippen LogP contribution in [0.25, 0.3) is 0 Å². The summed E-state index contributed by atoms with van der Waals surface area (Å²) in [7, 11) is -8.37. The number of rotatable bonds is 4. The minimum absolute atomic E-state index is 0.522. The van der Waals surface area contributed by atoms with Crippen molar-refractivity contribution in [2.45, 2.75) is 0 Å². The number of nitrogens with zero attached hydrogens (tertiary/aromatic N) is 1. The van der Waals surface area contributed by atoms with Crippen molar-refractivity contribution in [3.05, 3.63) is 0 Å². The molecule has 0 aromatic carbocycles. The Bertz CT molecular complexity index is 372. The van der Waals surface area contributed by atoms with Gasteiger partial charge >= 0.3 is 6.09 Å². The molecule has 0 spiro atoms. The van der Waals surface area contributed by atoms with Crippen LogP contribution in [0, 0.1) is 0 Å². The molecule has 0 bridgehead atoms. The van der Waals surface area contributed by atoms with Crippen LogP contribution < -0.4 is 0 Å². The Balaban J connectivity index is 4.73. The Hall–Kier alpha value is -0.910. The summed E-state index contributed by atoms with van der Waals surface area (Å²) in [6, 6.07) is 0. The van der Waals surface area contributed by atoms with Crippen LogP contribution in [0.3, 0.4) is 0 Å². The van der Waals surface area contributed by atoms with Crippen molar-refractivity contribution in [2.24, 2.45) is 0 Å². The number of hydrogen-bond acceptors (Lipinski definition) is 7. The van der Waals surface area contributed by atoms with E-state index in [9.17, 15) is 21.6 Å². The predicted molar refractivity (Wildman–Crippen MR) is 41.7 cm³/mol. The van der Waals surface area contributed by atoms with Crippen LogP contribution in [0.4, 0.5) is 4.79 Å². The molecule has 84 valence electrons. The maximum Gasteiger partial charge on any atom is 0.459 e. The summed E-state index contributed by atoms with van der Waals surface area (Å²) >= 11 is 0. The third-order valence-electron chi connectivity index (χ3n) is 0.562. The zero-order valence-corrected chi connectivity index (χ0v) is 8.70. The lowest BCUT2D eigenvalue weighted by Gasteiger charge is -2.12. The van der Waals surface area contributed by atoms with Gasteiger partial charge in [0.15, 0.2) is 0 Å². The van der Waals surface area contributed by atoms with Crippen LogP contribution in [0.2, 0.25) is 0 Å². The molecule has 0 unspecified atom stereocenters. The topological polar surface area (TPSA) is 127 Å². The molecule has 0 aromatic heterocycles. The van der Waals surface area contributed by atoms with Crippen molar-refractivity contribution in [1.82, 2.24) is 5.23 Å². The lowest BCUT2D eigenvalue weighted by atomic mass is 11.3. The normalized spacial score (nSPS) is 12.4. The molecular formula is C3H7NO8S2. The molecule has 0 saturated carbocycles. The van der Waals surface area contributed by atoms with E-state index in [0.717, 1.165) is 0 Å². The molecule has 0 aliphatic carbocycles. The third-order valence-corrected chi connectivity index (χ3v) is 1.37. The fourth-order valence-electron chi connectivity index (χ4n) is 0.322. The minimum Gasteiger partial charge on any atom is -0.462 e. The van der Waals surface area contributed by atoms with E-state index in [2.05, 4.69) is 8.57 Å². The van der Waals surface area contributed by atoms with E-state index in [1.165, 1.54) is 0 Å². The monoisotopic (exact) mass is 249 g/mol. The average Bonchev–Trinajstić information content (AvgIpc) is 1.78. The van der Waals surface area contributed by atoms with Crippen LogP contribution in [-0.2, 0) is 28.8 Å². The molecule has 11 heteroatoms. The standard InChI is InChI=1S/C3H7NO8S2/c1-13(7,8)11-4(3(5)6)12-14(2,9)10/h1-2H3,(H,5,6). The van der Waals surface area contributed by atoms with E-state index in [1.54, 1.807) is 0 Å². The molecule has 9 nitrogen and oxygen atoms in total. The first-order valence-electron chi connectivity index (χ1n) is 2.83. The van der Waals surface area contributed by atoms with Crippen LogP contribution in [0.5, 0.6) is 0 Å². The summed E-state index contributed by atoms with van der Waals surface area (Å²) < 4.78 is 49.1. The molecule has 0 rings (SSSR count). The van der Waals surface area contributed by atoms with Crippen molar-refractivity contribution in [3.63, 3.8) is 0 Å². The maximum atomic E-state index is 10.4. The molecule has 1 N–H and O–H groups in total. The molecule has 0 radical (unpaired) electrons. The van der Waals surface area contributed by atoms with Crippen LogP contribution in [0.1, 0.15) is 0 Å². The highest BCUT2D eigenvalue weighted by atomic mass is 32.2. The fraction of sp³-hybridized carbons (Fsp3) is 0.667. The highest BCUT2D eigenvalue weighted by molar-refractivity contribution is 7.86.